The largest absolute Gasteiger partial charge is 0.382 e. The van der Waals surface area contributed by atoms with E-state index >= 15 is 0 Å². The molecule has 2 rings (SSSR count). The summed E-state index contributed by atoms with van der Waals surface area (Å²) in [5.41, 5.74) is 0.961. The van der Waals surface area contributed by atoms with Crippen LogP contribution in [0.1, 0.15) is 26.2 Å². The van der Waals surface area contributed by atoms with Crippen molar-refractivity contribution in [3.8, 4) is 0 Å². The summed E-state index contributed by atoms with van der Waals surface area (Å²) in [6.45, 7) is 2.40. The first-order chi connectivity index (χ1) is 9.12. The van der Waals surface area contributed by atoms with Crippen molar-refractivity contribution in [1.29, 1.82) is 0 Å². The molecule has 0 aliphatic heterocycles. The van der Waals surface area contributed by atoms with Gasteiger partial charge in [0.2, 0.25) is 10.0 Å². The topological polar surface area (TPSA) is 58.2 Å². The lowest BCUT2D eigenvalue weighted by atomic mass is 10.2. The predicted molar refractivity (Wildman–Crippen MR) is 77.7 cm³/mol. The Morgan fingerprint density at radius 2 is 1.79 bits per heavy atom. The summed E-state index contributed by atoms with van der Waals surface area (Å²) < 4.78 is 26.4. The zero-order valence-electron chi connectivity index (χ0n) is 11.1. The highest BCUT2D eigenvalue weighted by atomic mass is 32.2. The molecule has 0 radical (unpaired) electrons. The number of sulfonamides is 1. The minimum absolute atomic E-state index is 0.316. The average Bonchev–Trinajstić information content (AvgIpc) is 2.90. The lowest BCUT2D eigenvalue weighted by molar-refractivity contribution is 0.581. The first-order valence-corrected chi connectivity index (χ1v) is 8.11. The Kier molecular flexibility index (Phi) is 4.61. The summed E-state index contributed by atoms with van der Waals surface area (Å²) in [5, 5.41) is 3.38. The van der Waals surface area contributed by atoms with E-state index in [1.54, 1.807) is 12.1 Å². The van der Waals surface area contributed by atoms with Gasteiger partial charge in [-0.3, -0.25) is 0 Å². The van der Waals surface area contributed by atoms with Crippen molar-refractivity contribution in [2.45, 2.75) is 37.1 Å². The van der Waals surface area contributed by atoms with E-state index in [9.17, 15) is 8.42 Å². The monoisotopic (exact) mass is 280 g/mol. The molecule has 0 unspecified atom stereocenters. The number of rotatable bonds is 6. The molecule has 1 aromatic carbocycles. The van der Waals surface area contributed by atoms with Gasteiger partial charge in [0.15, 0.2) is 0 Å². The minimum atomic E-state index is -3.36. The standard InChI is InChI=1S/C14H20N2O2S/c1-2-11-15-19(17,18)14-9-7-13(8-10-14)16-12-5-3-4-6-12/h3-4,7-10,12,15-16H,2,5-6,11H2,1H3. The van der Waals surface area contributed by atoms with Crippen molar-refractivity contribution in [2.24, 2.45) is 0 Å². The summed E-state index contributed by atoms with van der Waals surface area (Å²) in [5.74, 6) is 0. The van der Waals surface area contributed by atoms with Gasteiger partial charge >= 0.3 is 0 Å². The second-order valence-corrected chi connectivity index (χ2v) is 6.47. The molecule has 0 atom stereocenters. The molecule has 0 fully saturated rings. The third-order valence-electron chi connectivity index (χ3n) is 3.09. The molecule has 1 aromatic rings. The van der Waals surface area contributed by atoms with Crippen molar-refractivity contribution in [3.63, 3.8) is 0 Å². The molecule has 1 aliphatic rings. The van der Waals surface area contributed by atoms with Crippen LogP contribution in [0.2, 0.25) is 0 Å². The summed E-state index contributed by atoms with van der Waals surface area (Å²) in [4.78, 5) is 0.316. The highest BCUT2D eigenvalue weighted by Crippen LogP contribution is 2.19. The molecule has 0 spiro atoms. The molecule has 0 amide bonds. The van der Waals surface area contributed by atoms with Gasteiger partial charge in [0.25, 0.3) is 0 Å². The fourth-order valence-electron chi connectivity index (χ4n) is 2.02. The van der Waals surface area contributed by atoms with E-state index in [-0.39, 0.29) is 0 Å². The maximum absolute atomic E-state index is 11.9. The van der Waals surface area contributed by atoms with Gasteiger partial charge in [-0.25, -0.2) is 13.1 Å². The Morgan fingerprint density at radius 3 is 2.37 bits per heavy atom. The summed E-state index contributed by atoms with van der Waals surface area (Å²) in [6, 6.07) is 7.35. The molecular formula is C14H20N2O2S. The van der Waals surface area contributed by atoms with E-state index in [1.165, 1.54) is 0 Å². The number of benzene rings is 1. The van der Waals surface area contributed by atoms with Crippen LogP contribution in [-0.4, -0.2) is 21.0 Å². The van der Waals surface area contributed by atoms with Crippen molar-refractivity contribution in [1.82, 2.24) is 4.72 Å². The van der Waals surface area contributed by atoms with Crippen molar-refractivity contribution < 1.29 is 8.42 Å². The predicted octanol–water partition coefficient (Wildman–Crippen LogP) is 2.51. The smallest absolute Gasteiger partial charge is 0.240 e. The second-order valence-electron chi connectivity index (χ2n) is 4.71. The fraction of sp³-hybridized carbons (Fsp3) is 0.429. The Morgan fingerprint density at radius 1 is 1.16 bits per heavy atom. The molecule has 0 aromatic heterocycles. The molecular weight excluding hydrogens is 260 g/mol. The van der Waals surface area contributed by atoms with Crippen LogP contribution in [0.4, 0.5) is 5.69 Å². The van der Waals surface area contributed by atoms with Crippen LogP contribution >= 0.6 is 0 Å². The molecule has 19 heavy (non-hydrogen) atoms. The number of nitrogens with one attached hydrogen (secondary N) is 2. The summed E-state index contributed by atoms with van der Waals surface area (Å²) in [7, 11) is -3.36. The highest BCUT2D eigenvalue weighted by Gasteiger charge is 2.13. The van der Waals surface area contributed by atoms with Gasteiger partial charge in [0.1, 0.15) is 0 Å². The van der Waals surface area contributed by atoms with E-state index in [1.807, 2.05) is 19.1 Å². The molecule has 2 N–H and O–H groups in total. The number of hydrogen-bond acceptors (Lipinski definition) is 3. The summed E-state index contributed by atoms with van der Waals surface area (Å²) in [6.07, 6.45) is 7.15. The van der Waals surface area contributed by atoms with Gasteiger partial charge in [0, 0.05) is 18.3 Å². The van der Waals surface area contributed by atoms with Gasteiger partial charge in [-0.05, 0) is 43.5 Å². The second kappa shape index (κ2) is 6.21. The van der Waals surface area contributed by atoms with Crippen LogP contribution in [0.5, 0.6) is 0 Å². The Balaban J connectivity index is 2.01. The van der Waals surface area contributed by atoms with Crippen LogP contribution in [0.15, 0.2) is 41.3 Å². The maximum Gasteiger partial charge on any atom is 0.240 e. The van der Waals surface area contributed by atoms with Crippen LogP contribution in [0.25, 0.3) is 0 Å². The minimum Gasteiger partial charge on any atom is -0.382 e. The average molecular weight is 280 g/mol. The van der Waals surface area contributed by atoms with E-state index in [4.69, 9.17) is 0 Å². The maximum atomic E-state index is 11.9. The molecule has 104 valence electrons. The summed E-state index contributed by atoms with van der Waals surface area (Å²) >= 11 is 0. The molecule has 0 bridgehead atoms. The third kappa shape index (κ3) is 3.81. The first-order valence-electron chi connectivity index (χ1n) is 6.63. The molecule has 1 aliphatic carbocycles. The Bertz CT molecular complexity index is 527. The lowest BCUT2D eigenvalue weighted by Gasteiger charge is -2.14. The van der Waals surface area contributed by atoms with Crippen LogP contribution < -0.4 is 10.0 Å². The molecule has 0 saturated heterocycles. The molecule has 5 heteroatoms. The normalized spacial score (nSPS) is 15.8. The van der Waals surface area contributed by atoms with Gasteiger partial charge in [-0.1, -0.05) is 19.1 Å². The first kappa shape index (κ1) is 14.1. The fourth-order valence-corrected chi connectivity index (χ4v) is 3.15. The Hall–Kier alpha value is -1.33. The lowest BCUT2D eigenvalue weighted by Crippen LogP contribution is -2.24. The van der Waals surface area contributed by atoms with Gasteiger partial charge in [0.05, 0.1) is 4.90 Å². The van der Waals surface area contributed by atoms with Crippen molar-refractivity contribution in [2.75, 3.05) is 11.9 Å². The molecule has 0 heterocycles. The van der Waals surface area contributed by atoms with Crippen LogP contribution in [0, 0.1) is 0 Å². The van der Waals surface area contributed by atoms with Crippen LogP contribution in [-0.2, 0) is 10.0 Å². The third-order valence-corrected chi connectivity index (χ3v) is 4.56. The van der Waals surface area contributed by atoms with Crippen molar-refractivity contribution in [3.05, 3.63) is 36.4 Å². The highest BCUT2D eigenvalue weighted by molar-refractivity contribution is 7.89. The SMILES string of the molecule is CCCNS(=O)(=O)c1ccc(NC2CC=CC2)cc1. The quantitative estimate of drug-likeness (QED) is 0.787. The molecule has 0 saturated carbocycles. The zero-order chi connectivity index (χ0) is 13.7. The van der Waals surface area contributed by atoms with Crippen LogP contribution in [0.3, 0.4) is 0 Å². The van der Waals surface area contributed by atoms with E-state index in [0.29, 0.717) is 17.5 Å². The van der Waals surface area contributed by atoms with Gasteiger partial charge < -0.3 is 5.32 Å². The molecule has 4 nitrogen and oxygen atoms in total. The van der Waals surface area contributed by atoms with Gasteiger partial charge in [-0.2, -0.15) is 0 Å². The Labute approximate surface area is 115 Å². The van der Waals surface area contributed by atoms with E-state index < -0.39 is 10.0 Å². The van der Waals surface area contributed by atoms with E-state index in [2.05, 4.69) is 22.2 Å². The van der Waals surface area contributed by atoms with Gasteiger partial charge in [-0.15, -0.1) is 0 Å². The van der Waals surface area contributed by atoms with Crippen molar-refractivity contribution >= 4 is 15.7 Å². The zero-order valence-corrected chi connectivity index (χ0v) is 11.9. The number of hydrogen-bond donors (Lipinski definition) is 2. The number of anilines is 1. The van der Waals surface area contributed by atoms with E-state index in [0.717, 1.165) is 24.9 Å².